The van der Waals surface area contributed by atoms with Gasteiger partial charge < -0.3 is 5.73 Å². The first kappa shape index (κ1) is 10.1. The monoisotopic (exact) mass is 207 g/mol. The van der Waals surface area contributed by atoms with E-state index in [1.807, 2.05) is 0 Å². The van der Waals surface area contributed by atoms with Crippen LogP contribution < -0.4 is 5.73 Å². The zero-order valence-corrected chi connectivity index (χ0v) is 9.39. The largest absolute Gasteiger partial charge is 0.327 e. The van der Waals surface area contributed by atoms with Crippen LogP contribution >= 0.6 is 11.8 Å². The van der Waals surface area contributed by atoms with E-state index in [4.69, 9.17) is 5.73 Å². The van der Waals surface area contributed by atoms with Gasteiger partial charge in [-0.15, -0.1) is 11.8 Å². The number of thioether (sulfide) groups is 1. The third-order valence-electron chi connectivity index (χ3n) is 3.11. The van der Waals surface area contributed by atoms with Crippen LogP contribution in [0.1, 0.15) is 30.7 Å². The lowest BCUT2D eigenvalue weighted by Gasteiger charge is -2.15. The molecule has 2 heteroatoms. The highest BCUT2D eigenvalue weighted by Gasteiger charge is 2.24. The summed E-state index contributed by atoms with van der Waals surface area (Å²) in [6, 6.07) is 9.26. The van der Waals surface area contributed by atoms with Gasteiger partial charge in [-0.2, -0.15) is 0 Å². The standard InChI is InChI=1S/C12H17NS/c1-14-10-7-5-9(6-8-10)11-3-2-4-12(11)13/h5-8,11-12H,2-4,13H2,1H3/t11-,12+/m0/s1. The molecule has 0 amide bonds. The quantitative estimate of drug-likeness (QED) is 0.754. The Morgan fingerprint density at radius 3 is 2.43 bits per heavy atom. The van der Waals surface area contributed by atoms with Crippen molar-refractivity contribution in [2.24, 2.45) is 5.73 Å². The summed E-state index contributed by atoms with van der Waals surface area (Å²) in [6.45, 7) is 0. The van der Waals surface area contributed by atoms with Gasteiger partial charge in [-0.1, -0.05) is 18.6 Å². The van der Waals surface area contributed by atoms with Crippen LogP contribution in [0.3, 0.4) is 0 Å². The highest BCUT2D eigenvalue weighted by atomic mass is 32.2. The smallest absolute Gasteiger partial charge is 0.0108 e. The van der Waals surface area contributed by atoms with Gasteiger partial charge in [-0.3, -0.25) is 0 Å². The Morgan fingerprint density at radius 2 is 1.93 bits per heavy atom. The molecule has 1 aromatic carbocycles. The van der Waals surface area contributed by atoms with Crippen LogP contribution in [0.4, 0.5) is 0 Å². The molecule has 14 heavy (non-hydrogen) atoms. The Kier molecular flexibility index (Phi) is 3.14. The van der Waals surface area contributed by atoms with Gasteiger partial charge in [0.05, 0.1) is 0 Å². The van der Waals surface area contributed by atoms with Gasteiger partial charge in [-0.25, -0.2) is 0 Å². The van der Waals surface area contributed by atoms with E-state index in [0.29, 0.717) is 12.0 Å². The van der Waals surface area contributed by atoms with Crippen molar-refractivity contribution >= 4 is 11.8 Å². The molecule has 1 aromatic rings. The fourth-order valence-corrected chi connectivity index (χ4v) is 2.66. The third-order valence-corrected chi connectivity index (χ3v) is 3.86. The zero-order valence-electron chi connectivity index (χ0n) is 8.57. The van der Waals surface area contributed by atoms with Gasteiger partial charge in [0.25, 0.3) is 0 Å². The number of hydrogen-bond acceptors (Lipinski definition) is 2. The van der Waals surface area contributed by atoms with Crippen molar-refractivity contribution in [3.63, 3.8) is 0 Å². The van der Waals surface area contributed by atoms with E-state index in [0.717, 1.165) is 0 Å². The van der Waals surface area contributed by atoms with Crippen molar-refractivity contribution in [3.8, 4) is 0 Å². The van der Waals surface area contributed by atoms with Gasteiger partial charge in [0.15, 0.2) is 0 Å². The van der Waals surface area contributed by atoms with Gasteiger partial charge >= 0.3 is 0 Å². The van der Waals surface area contributed by atoms with Crippen LogP contribution in [0.2, 0.25) is 0 Å². The molecule has 0 unspecified atom stereocenters. The first-order valence-corrected chi connectivity index (χ1v) is 6.43. The average molecular weight is 207 g/mol. The molecule has 1 aliphatic carbocycles. The maximum Gasteiger partial charge on any atom is 0.0108 e. The maximum absolute atomic E-state index is 6.08. The summed E-state index contributed by atoms with van der Waals surface area (Å²) in [5.74, 6) is 0.603. The second-order valence-corrected chi connectivity index (χ2v) is 4.85. The molecular weight excluding hydrogens is 190 g/mol. The summed E-state index contributed by atoms with van der Waals surface area (Å²) in [5.41, 5.74) is 7.50. The van der Waals surface area contributed by atoms with E-state index in [2.05, 4.69) is 30.5 Å². The summed E-state index contributed by atoms with van der Waals surface area (Å²) in [7, 11) is 0. The van der Waals surface area contributed by atoms with E-state index in [9.17, 15) is 0 Å². The van der Waals surface area contributed by atoms with Crippen LogP contribution in [-0.2, 0) is 0 Å². The second kappa shape index (κ2) is 4.37. The molecule has 2 N–H and O–H groups in total. The number of hydrogen-bond donors (Lipinski definition) is 1. The molecule has 76 valence electrons. The number of rotatable bonds is 2. The van der Waals surface area contributed by atoms with E-state index < -0.39 is 0 Å². The molecule has 1 fully saturated rings. The van der Waals surface area contributed by atoms with Crippen molar-refractivity contribution in [2.45, 2.75) is 36.1 Å². The Morgan fingerprint density at radius 1 is 1.21 bits per heavy atom. The molecule has 1 aliphatic rings. The van der Waals surface area contributed by atoms with Crippen molar-refractivity contribution in [1.29, 1.82) is 0 Å². The minimum Gasteiger partial charge on any atom is -0.327 e. The summed E-state index contributed by atoms with van der Waals surface area (Å²) in [5, 5.41) is 0. The Hall–Kier alpha value is -0.470. The molecule has 0 spiro atoms. The van der Waals surface area contributed by atoms with Crippen LogP contribution in [-0.4, -0.2) is 12.3 Å². The van der Waals surface area contributed by atoms with Crippen molar-refractivity contribution in [2.75, 3.05) is 6.26 Å². The summed E-state index contributed by atoms with van der Waals surface area (Å²) in [4.78, 5) is 1.33. The summed E-state index contributed by atoms with van der Waals surface area (Å²) < 4.78 is 0. The molecule has 0 bridgehead atoms. The first-order chi connectivity index (χ1) is 6.81. The van der Waals surface area contributed by atoms with E-state index >= 15 is 0 Å². The minimum absolute atomic E-state index is 0.384. The highest BCUT2D eigenvalue weighted by Crippen LogP contribution is 2.33. The van der Waals surface area contributed by atoms with Crippen LogP contribution in [0, 0.1) is 0 Å². The zero-order chi connectivity index (χ0) is 9.97. The average Bonchev–Trinajstić information content (AvgIpc) is 2.65. The molecular formula is C12H17NS. The topological polar surface area (TPSA) is 26.0 Å². The van der Waals surface area contributed by atoms with Crippen molar-refractivity contribution in [1.82, 2.24) is 0 Å². The fourth-order valence-electron chi connectivity index (χ4n) is 2.25. The lowest BCUT2D eigenvalue weighted by Crippen LogP contribution is -2.22. The molecule has 0 aliphatic heterocycles. The van der Waals surface area contributed by atoms with Crippen LogP contribution in [0.25, 0.3) is 0 Å². The van der Waals surface area contributed by atoms with Gasteiger partial charge in [-0.05, 0) is 42.7 Å². The van der Waals surface area contributed by atoms with Gasteiger partial charge in [0, 0.05) is 10.9 Å². The molecule has 0 aromatic heterocycles. The summed E-state index contributed by atoms with van der Waals surface area (Å²) >= 11 is 1.79. The van der Waals surface area contributed by atoms with E-state index in [1.165, 1.54) is 29.7 Å². The van der Waals surface area contributed by atoms with Gasteiger partial charge in [0.2, 0.25) is 0 Å². The normalized spacial score (nSPS) is 26.7. The maximum atomic E-state index is 6.08. The van der Waals surface area contributed by atoms with Crippen molar-refractivity contribution in [3.05, 3.63) is 29.8 Å². The molecule has 0 radical (unpaired) electrons. The second-order valence-electron chi connectivity index (χ2n) is 3.97. The number of nitrogens with two attached hydrogens (primary N) is 1. The fraction of sp³-hybridized carbons (Fsp3) is 0.500. The molecule has 1 saturated carbocycles. The van der Waals surface area contributed by atoms with Gasteiger partial charge in [0.1, 0.15) is 0 Å². The van der Waals surface area contributed by atoms with Crippen LogP contribution in [0.5, 0.6) is 0 Å². The predicted octanol–water partition coefficient (Wildman–Crippen LogP) is 3.00. The molecule has 0 heterocycles. The predicted molar refractivity (Wildman–Crippen MR) is 62.8 cm³/mol. The molecule has 2 atom stereocenters. The number of benzene rings is 1. The van der Waals surface area contributed by atoms with E-state index in [-0.39, 0.29) is 0 Å². The SMILES string of the molecule is CSc1ccc([C@@H]2CCC[C@H]2N)cc1. The van der Waals surface area contributed by atoms with Crippen molar-refractivity contribution < 1.29 is 0 Å². The Balaban J connectivity index is 2.16. The Labute approximate surface area is 90.1 Å². The summed E-state index contributed by atoms with van der Waals surface area (Å²) in [6.07, 6.45) is 5.85. The Bertz CT molecular complexity index is 294. The van der Waals surface area contributed by atoms with E-state index in [1.54, 1.807) is 11.8 Å². The molecule has 1 nitrogen and oxygen atoms in total. The molecule has 2 rings (SSSR count). The first-order valence-electron chi connectivity index (χ1n) is 5.21. The lowest BCUT2D eigenvalue weighted by atomic mass is 9.95. The highest BCUT2D eigenvalue weighted by molar-refractivity contribution is 7.98. The minimum atomic E-state index is 0.384. The molecule has 0 saturated heterocycles. The van der Waals surface area contributed by atoms with Crippen LogP contribution in [0.15, 0.2) is 29.2 Å². The third kappa shape index (κ3) is 1.96. The lowest BCUT2D eigenvalue weighted by molar-refractivity contribution is 0.613.